The van der Waals surface area contributed by atoms with Crippen molar-refractivity contribution in [2.45, 2.75) is 45.8 Å². The van der Waals surface area contributed by atoms with Gasteiger partial charge in [0.05, 0.1) is 24.6 Å². The minimum absolute atomic E-state index is 0.211. The molecule has 0 bridgehead atoms. The minimum Gasteiger partial charge on any atom is -0.395 e. The molecule has 12 heteroatoms. The van der Waals surface area contributed by atoms with Crippen molar-refractivity contribution in [2.75, 3.05) is 45.6 Å². The van der Waals surface area contributed by atoms with E-state index in [0.29, 0.717) is 18.8 Å². The van der Waals surface area contributed by atoms with Crippen LogP contribution in [0.15, 0.2) is 66.9 Å². The fraction of sp³-hybridized carbons (Fsp3) is 0.484. The maximum absolute atomic E-state index is 14.0. The zero-order valence-corrected chi connectivity index (χ0v) is 26.3. The first-order chi connectivity index (χ1) is 20.4. The first-order valence-corrected chi connectivity index (χ1v) is 16.4. The van der Waals surface area contributed by atoms with Gasteiger partial charge < -0.3 is 20.2 Å². The Morgan fingerprint density at radius 2 is 1.65 bits per heavy atom. The normalized spacial score (nSPS) is 16.5. The highest BCUT2D eigenvalue weighted by Crippen LogP contribution is 2.39. The van der Waals surface area contributed by atoms with Crippen LogP contribution in [0.5, 0.6) is 0 Å². The second-order valence-electron chi connectivity index (χ2n) is 12.1. The third-order valence-corrected chi connectivity index (χ3v) is 8.84. The van der Waals surface area contributed by atoms with Crippen molar-refractivity contribution in [3.05, 3.63) is 78.2 Å². The van der Waals surface area contributed by atoms with E-state index in [9.17, 15) is 18.3 Å². The lowest BCUT2D eigenvalue weighted by atomic mass is 9.84. The molecule has 3 N–H and O–H groups in total. The van der Waals surface area contributed by atoms with Gasteiger partial charge >= 0.3 is 6.09 Å². The Kier molecular flexibility index (Phi) is 10.6. The van der Waals surface area contributed by atoms with Crippen molar-refractivity contribution in [2.24, 2.45) is 11.1 Å². The number of aliphatic hydroxyl groups excluding tert-OH is 1. The van der Waals surface area contributed by atoms with Gasteiger partial charge in [-0.3, -0.25) is 4.90 Å². The van der Waals surface area contributed by atoms with Crippen molar-refractivity contribution >= 4 is 16.1 Å². The molecule has 0 saturated carbocycles. The van der Waals surface area contributed by atoms with E-state index < -0.39 is 33.6 Å². The number of rotatable bonds is 11. The highest BCUT2D eigenvalue weighted by Gasteiger charge is 2.40. The van der Waals surface area contributed by atoms with Gasteiger partial charge in [0.2, 0.25) is 10.0 Å². The summed E-state index contributed by atoms with van der Waals surface area (Å²) in [7, 11) is -3.33. The topological polar surface area (TPSA) is 134 Å². The molecule has 2 atom stereocenters. The third kappa shape index (κ3) is 8.64. The molecule has 0 unspecified atom stereocenters. The van der Waals surface area contributed by atoms with Gasteiger partial charge in [-0.05, 0) is 17.4 Å². The first-order valence-electron chi connectivity index (χ1n) is 14.6. The molecule has 1 amide bonds. The maximum atomic E-state index is 14.0. The number of carbonyl (C=O) groups excluding carboxylic acids is 1. The number of aromatic nitrogens is 2. The third-order valence-electron chi connectivity index (χ3n) is 7.53. The molecule has 1 saturated heterocycles. The SMILES string of the molecule is CC(C)(C)[C@H](c1nc(-c2ccccc2)cn1Cc1ccccc1)N(CC[C@H](N)CO)C(=O)ON1CCN(S(C)(=O)=O)CC1. The number of benzene rings is 2. The first kappa shape index (κ1) is 32.6. The summed E-state index contributed by atoms with van der Waals surface area (Å²) < 4.78 is 27.4. The van der Waals surface area contributed by atoms with Crippen molar-refractivity contribution in [3.63, 3.8) is 0 Å². The van der Waals surface area contributed by atoms with E-state index in [1.807, 2.05) is 54.7 Å². The smallest absolute Gasteiger partial charge is 0.395 e. The number of piperazine rings is 1. The average molecular weight is 613 g/mol. The number of nitrogens with two attached hydrogens (primary N) is 1. The fourth-order valence-electron chi connectivity index (χ4n) is 5.27. The average Bonchev–Trinajstić information content (AvgIpc) is 3.37. The molecular formula is C31H44N6O5S. The highest BCUT2D eigenvalue weighted by atomic mass is 32.2. The Hall–Kier alpha value is -3.29. The zero-order chi connectivity index (χ0) is 31.2. The Morgan fingerprint density at radius 3 is 2.21 bits per heavy atom. The van der Waals surface area contributed by atoms with Crippen LogP contribution < -0.4 is 5.73 Å². The summed E-state index contributed by atoms with van der Waals surface area (Å²) in [6, 6.07) is 18.9. The summed E-state index contributed by atoms with van der Waals surface area (Å²) in [4.78, 5) is 26.6. The molecule has 1 aliphatic rings. The molecule has 2 aromatic carbocycles. The van der Waals surface area contributed by atoms with Gasteiger partial charge in [0.15, 0.2) is 0 Å². The van der Waals surface area contributed by atoms with Crippen LogP contribution in [0.1, 0.15) is 44.6 Å². The lowest BCUT2D eigenvalue weighted by molar-refractivity contribution is -0.132. The summed E-state index contributed by atoms with van der Waals surface area (Å²) in [5.74, 6) is 0.701. The van der Waals surface area contributed by atoms with Crippen molar-refractivity contribution in [1.82, 2.24) is 23.8 Å². The van der Waals surface area contributed by atoms with Crippen LogP contribution in [0.2, 0.25) is 0 Å². The van der Waals surface area contributed by atoms with Crippen LogP contribution in [-0.2, 0) is 21.4 Å². The number of hydrogen-bond acceptors (Lipinski definition) is 8. The molecule has 1 fully saturated rings. The van der Waals surface area contributed by atoms with Crippen molar-refractivity contribution < 1.29 is 23.2 Å². The van der Waals surface area contributed by atoms with Gasteiger partial charge in [-0.1, -0.05) is 81.4 Å². The van der Waals surface area contributed by atoms with Gasteiger partial charge in [-0.2, -0.15) is 4.31 Å². The zero-order valence-electron chi connectivity index (χ0n) is 25.5. The van der Waals surface area contributed by atoms with Gasteiger partial charge in [0, 0.05) is 57.1 Å². The number of hydroxylamine groups is 2. The minimum atomic E-state index is -3.33. The standard InChI is InChI=1S/C31H44N6O5S/c1-31(2,3)28(29-33-27(25-13-9-6-10-14-25)22-34(29)21-24-11-7-5-8-12-24)37(16-15-26(32)23-38)30(39)42-35-17-19-36(20-18-35)43(4,40)41/h5-14,22,26,28,38H,15-21,23,32H2,1-4H3/t26-,28-/m0/s1. The molecule has 1 aromatic heterocycles. The summed E-state index contributed by atoms with van der Waals surface area (Å²) in [6.07, 6.45) is 2.97. The summed E-state index contributed by atoms with van der Waals surface area (Å²) >= 11 is 0. The molecule has 43 heavy (non-hydrogen) atoms. The molecule has 0 radical (unpaired) electrons. The number of aliphatic hydroxyl groups is 1. The molecule has 11 nitrogen and oxygen atoms in total. The van der Waals surface area contributed by atoms with Crippen LogP contribution in [0, 0.1) is 5.41 Å². The number of nitrogens with zero attached hydrogens (tertiary/aromatic N) is 5. The van der Waals surface area contributed by atoms with Crippen LogP contribution in [0.25, 0.3) is 11.3 Å². The van der Waals surface area contributed by atoms with E-state index in [0.717, 1.165) is 16.8 Å². The predicted molar refractivity (Wildman–Crippen MR) is 166 cm³/mol. The van der Waals surface area contributed by atoms with Gasteiger partial charge in [-0.15, -0.1) is 5.06 Å². The van der Waals surface area contributed by atoms with E-state index in [1.54, 1.807) is 4.90 Å². The van der Waals surface area contributed by atoms with Crippen molar-refractivity contribution in [3.8, 4) is 11.3 Å². The number of sulfonamides is 1. The molecule has 0 spiro atoms. The molecular weight excluding hydrogens is 568 g/mol. The lowest BCUT2D eigenvalue weighted by Crippen LogP contribution is -2.51. The van der Waals surface area contributed by atoms with Crippen LogP contribution in [0.3, 0.4) is 0 Å². The molecule has 2 heterocycles. The van der Waals surface area contributed by atoms with E-state index >= 15 is 0 Å². The number of hydrogen-bond donors (Lipinski definition) is 2. The highest BCUT2D eigenvalue weighted by molar-refractivity contribution is 7.88. The largest absolute Gasteiger partial charge is 0.429 e. The quantitative estimate of drug-likeness (QED) is 0.337. The predicted octanol–water partition coefficient (Wildman–Crippen LogP) is 3.33. The van der Waals surface area contributed by atoms with E-state index in [1.165, 1.54) is 15.6 Å². The molecule has 1 aliphatic heterocycles. The Morgan fingerprint density at radius 1 is 1.05 bits per heavy atom. The number of carbonyl (C=O) groups is 1. The Balaban J connectivity index is 1.72. The molecule has 234 valence electrons. The van der Waals surface area contributed by atoms with Gasteiger partial charge in [0.25, 0.3) is 0 Å². The summed E-state index contributed by atoms with van der Waals surface area (Å²) in [6.45, 7) is 7.69. The summed E-state index contributed by atoms with van der Waals surface area (Å²) in [5, 5.41) is 11.2. The van der Waals surface area contributed by atoms with E-state index in [2.05, 4.69) is 37.5 Å². The lowest BCUT2D eigenvalue weighted by Gasteiger charge is -2.41. The van der Waals surface area contributed by atoms with Crippen LogP contribution >= 0.6 is 0 Å². The second-order valence-corrected chi connectivity index (χ2v) is 14.1. The molecule has 3 aromatic rings. The van der Waals surface area contributed by atoms with Crippen LogP contribution in [0.4, 0.5) is 4.79 Å². The summed E-state index contributed by atoms with van der Waals surface area (Å²) in [5.41, 5.74) is 8.46. The number of imidazole rings is 1. The van der Waals surface area contributed by atoms with Crippen molar-refractivity contribution in [1.29, 1.82) is 0 Å². The number of amides is 1. The van der Waals surface area contributed by atoms with Crippen LogP contribution in [-0.4, -0.2) is 95.1 Å². The molecule has 4 rings (SSSR count). The van der Waals surface area contributed by atoms with E-state index in [4.69, 9.17) is 15.6 Å². The monoisotopic (exact) mass is 612 g/mol. The second kappa shape index (κ2) is 14.0. The van der Waals surface area contributed by atoms with Gasteiger partial charge in [0.1, 0.15) is 5.82 Å². The molecule has 0 aliphatic carbocycles. The van der Waals surface area contributed by atoms with Gasteiger partial charge in [-0.25, -0.2) is 18.2 Å². The Bertz CT molecular complexity index is 1430. The fourth-order valence-corrected chi connectivity index (χ4v) is 6.10. The van der Waals surface area contributed by atoms with E-state index in [-0.39, 0.29) is 39.3 Å². The Labute approximate surface area is 254 Å². The maximum Gasteiger partial charge on any atom is 0.429 e.